The number of alkyl halides is 3. The molecule has 1 rings (SSSR count). The minimum Gasteiger partial charge on any atom is -0.382 e. The van der Waals surface area contributed by atoms with E-state index in [1.54, 1.807) is 12.1 Å². The Morgan fingerprint density at radius 2 is 2.29 bits per heavy atom. The second-order valence-corrected chi connectivity index (χ2v) is 4.13. The van der Waals surface area contributed by atoms with E-state index in [1.807, 2.05) is 10.7 Å². The number of hydrogen-bond donors (Lipinski definition) is 2. The highest BCUT2D eigenvalue weighted by Gasteiger charge is 2.37. The molecule has 0 saturated carbocycles. The summed E-state index contributed by atoms with van der Waals surface area (Å²) in [6, 6.07) is 3.55. The molecule has 0 bridgehead atoms. The maximum Gasteiger partial charge on any atom is 0.416 e. The molecule has 0 saturated heterocycles. The quantitative estimate of drug-likeness (QED) is 0.816. The molecular weight excluding hydrogens is 255 g/mol. The smallest absolute Gasteiger partial charge is 0.382 e. The molecule has 1 atom stereocenters. The van der Waals surface area contributed by atoms with E-state index in [9.17, 15) is 18.0 Å². The second kappa shape index (κ2) is 5.83. The van der Waals surface area contributed by atoms with Gasteiger partial charge in [-0.15, -0.1) is 11.3 Å². The van der Waals surface area contributed by atoms with Crippen LogP contribution in [-0.4, -0.2) is 29.8 Å². The third-order valence-electron chi connectivity index (χ3n) is 1.79. The predicted molar refractivity (Wildman–Crippen MR) is 58.4 cm³/mol. The first-order chi connectivity index (χ1) is 7.89. The Balaban J connectivity index is 2.36. The summed E-state index contributed by atoms with van der Waals surface area (Å²) in [5.74, 6) is -0.679. The zero-order chi connectivity index (χ0) is 12.9. The first kappa shape index (κ1) is 13.7. The Labute approximate surface area is 99.6 Å². The first-order valence-electron chi connectivity index (χ1n) is 4.64. The number of halogens is 3. The third-order valence-corrected chi connectivity index (χ3v) is 2.63. The van der Waals surface area contributed by atoms with Gasteiger partial charge >= 0.3 is 6.18 Å². The SMILES string of the molecule is O=C(/C=C/c1cccs1)NCC(O)C(F)(F)F. The molecule has 94 valence electrons. The van der Waals surface area contributed by atoms with E-state index in [4.69, 9.17) is 5.11 Å². The Kier molecular flexibility index (Phi) is 4.71. The minimum absolute atomic E-state index is 0.679. The van der Waals surface area contributed by atoms with Crippen molar-refractivity contribution in [2.24, 2.45) is 0 Å². The van der Waals surface area contributed by atoms with E-state index in [-0.39, 0.29) is 0 Å². The summed E-state index contributed by atoms with van der Waals surface area (Å²) in [5.41, 5.74) is 0. The molecule has 0 aliphatic rings. The fraction of sp³-hybridized carbons (Fsp3) is 0.300. The van der Waals surface area contributed by atoms with Crippen molar-refractivity contribution in [3.63, 3.8) is 0 Å². The Hall–Kier alpha value is -1.34. The molecule has 0 aromatic carbocycles. The number of rotatable bonds is 4. The zero-order valence-electron chi connectivity index (χ0n) is 8.57. The number of carbonyl (C=O) groups excluding carboxylic acids is 1. The minimum atomic E-state index is -4.72. The van der Waals surface area contributed by atoms with Gasteiger partial charge in [0.2, 0.25) is 5.91 Å². The van der Waals surface area contributed by atoms with Crippen molar-refractivity contribution in [2.45, 2.75) is 12.3 Å². The van der Waals surface area contributed by atoms with E-state index >= 15 is 0 Å². The number of aliphatic hydroxyl groups is 1. The van der Waals surface area contributed by atoms with E-state index in [1.165, 1.54) is 17.4 Å². The summed E-state index contributed by atoms with van der Waals surface area (Å²) >= 11 is 1.40. The summed E-state index contributed by atoms with van der Waals surface area (Å²) in [6.07, 6.45) is -4.65. The van der Waals surface area contributed by atoms with Crippen LogP contribution in [-0.2, 0) is 4.79 Å². The van der Waals surface area contributed by atoms with E-state index in [0.29, 0.717) is 0 Å². The van der Waals surface area contributed by atoms with Crippen LogP contribution in [0.25, 0.3) is 6.08 Å². The number of aliphatic hydroxyl groups excluding tert-OH is 1. The van der Waals surface area contributed by atoms with Crippen LogP contribution < -0.4 is 5.32 Å². The molecule has 1 heterocycles. The fourth-order valence-electron chi connectivity index (χ4n) is 0.916. The number of amides is 1. The van der Waals surface area contributed by atoms with Gasteiger partial charge in [0.15, 0.2) is 6.10 Å². The summed E-state index contributed by atoms with van der Waals surface area (Å²) in [6.45, 7) is -0.850. The topological polar surface area (TPSA) is 49.3 Å². The van der Waals surface area contributed by atoms with Gasteiger partial charge in [-0.1, -0.05) is 6.07 Å². The van der Waals surface area contributed by atoms with Crippen LogP contribution in [0.3, 0.4) is 0 Å². The highest BCUT2D eigenvalue weighted by molar-refractivity contribution is 7.10. The highest BCUT2D eigenvalue weighted by Crippen LogP contribution is 2.19. The fourth-order valence-corrected chi connectivity index (χ4v) is 1.53. The monoisotopic (exact) mass is 265 g/mol. The van der Waals surface area contributed by atoms with Gasteiger partial charge in [0.25, 0.3) is 0 Å². The van der Waals surface area contributed by atoms with Gasteiger partial charge in [-0.25, -0.2) is 0 Å². The number of hydrogen-bond acceptors (Lipinski definition) is 3. The van der Waals surface area contributed by atoms with Crippen LogP contribution in [0.4, 0.5) is 13.2 Å². The number of thiophene rings is 1. The maximum atomic E-state index is 11.9. The molecule has 7 heteroatoms. The van der Waals surface area contributed by atoms with Crippen LogP contribution in [0.15, 0.2) is 23.6 Å². The van der Waals surface area contributed by atoms with Crippen molar-refractivity contribution in [3.05, 3.63) is 28.5 Å². The molecule has 1 amide bonds. The molecule has 2 N–H and O–H groups in total. The molecule has 1 aromatic rings. The lowest BCUT2D eigenvalue weighted by Crippen LogP contribution is -2.40. The second-order valence-electron chi connectivity index (χ2n) is 3.15. The molecule has 1 aromatic heterocycles. The van der Waals surface area contributed by atoms with Crippen LogP contribution in [0.2, 0.25) is 0 Å². The average molecular weight is 265 g/mol. The molecule has 1 unspecified atom stereocenters. The zero-order valence-corrected chi connectivity index (χ0v) is 9.39. The molecule has 0 radical (unpaired) electrons. The van der Waals surface area contributed by atoms with Gasteiger partial charge in [0.1, 0.15) is 0 Å². The number of carbonyl (C=O) groups is 1. The third kappa shape index (κ3) is 5.01. The summed E-state index contributed by atoms with van der Waals surface area (Å²) < 4.78 is 35.7. The van der Waals surface area contributed by atoms with Gasteiger partial charge in [0, 0.05) is 11.0 Å². The maximum absolute atomic E-state index is 11.9. The van der Waals surface area contributed by atoms with Crippen molar-refractivity contribution in [3.8, 4) is 0 Å². The Bertz CT molecular complexity index is 387. The van der Waals surface area contributed by atoms with E-state index < -0.39 is 24.7 Å². The van der Waals surface area contributed by atoms with Gasteiger partial charge in [0.05, 0.1) is 6.54 Å². The van der Waals surface area contributed by atoms with E-state index in [0.717, 1.165) is 11.0 Å². The van der Waals surface area contributed by atoms with Crippen molar-refractivity contribution >= 4 is 23.3 Å². The normalized spacial score (nSPS) is 13.9. The molecule has 17 heavy (non-hydrogen) atoms. The molecule has 0 aliphatic carbocycles. The molecule has 0 fully saturated rings. The van der Waals surface area contributed by atoms with Gasteiger partial charge < -0.3 is 10.4 Å². The van der Waals surface area contributed by atoms with Crippen LogP contribution in [0, 0.1) is 0 Å². The summed E-state index contributed by atoms with van der Waals surface area (Å²) in [7, 11) is 0. The van der Waals surface area contributed by atoms with Crippen molar-refractivity contribution in [1.29, 1.82) is 0 Å². The molecule has 0 spiro atoms. The summed E-state index contributed by atoms with van der Waals surface area (Å²) in [5, 5.41) is 12.4. The Morgan fingerprint density at radius 1 is 1.59 bits per heavy atom. The van der Waals surface area contributed by atoms with Gasteiger partial charge in [-0.05, 0) is 17.5 Å². The average Bonchev–Trinajstić information content (AvgIpc) is 2.74. The lowest BCUT2D eigenvalue weighted by Gasteiger charge is -2.14. The molecule has 0 aliphatic heterocycles. The summed E-state index contributed by atoms with van der Waals surface area (Å²) in [4.78, 5) is 11.9. The Morgan fingerprint density at radius 3 is 2.82 bits per heavy atom. The lowest BCUT2D eigenvalue weighted by molar-refractivity contribution is -0.201. The largest absolute Gasteiger partial charge is 0.416 e. The van der Waals surface area contributed by atoms with Crippen molar-refractivity contribution in [1.82, 2.24) is 5.32 Å². The van der Waals surface area contributed by atoms with Crippen LogP contribution in [0.1, 0.15) is 4.88 Å². The predicted octanol–water partition coefficient (Wildman–Crippen LogP) is 1.80. The van der Waals surface area contributed by atoms with Crippen molar-refractivity contribution in [2.75, 3.05) is 6.54 Å². The molecule has 3 nitrogen and oxygen atoms in total. The lowest BCUT2D eigenvalue weighted by atomic mass is 10.3. The van der Waals surface area contributed by atoms with Crippen LogP contribution >= 0.6 is 11.3 Å². The number of nitrogens with one attached hydrogen (secondary N) is 1. The van der Waals surface area contributed by atoms with Crippen LogP contribution in [0.5, 0.6) is 0 Å². The van der Waals surface area contributed by atoms with Crippen molar-refractivity contribution < 1.29 is 23.1 Å². The first-order valence-corrected chi connectivity index (χ1v) is 5.52. The van der Waals surface area contributed by atoms with Gasteiger partial charge in [-0.2, -0.15) is 13.2 Å². The van der Waals surface area contributed by atoms with E-state index in [2.05, 4.69) is 0 Å². The highest BCUT2D eigenvalue weighted by atomic mass is 32.1. The van der Waals surface area contributed by atoms with Gasteiger partial charge in [-0.3, -0.25) is 4.79 Å². The standard InChI is InChI=1S/C10H10F3NO2S/c11-10(12,13)8(15)6-14-9(16)4-3-7-2-1-5-17-7/h1-5,8,15H,6H2,(H,14,16)/b4-3+. The molecular formula is C10H10F3NO2S.